The predicted molar refractivity (Wildman–Crippen MR) is 125 cm³/mol. The van der Waals surface area contributed by atoms with Crippen molar-refractivity contribution in [3.63, 3.8) is 0 Å². The van der Waals surface area contributed by atoms with Gasteiger partial charge in [-0.2, -0.15) is 4.67 Å². The van der Waals surface area contributed by atoms with Crippen molar-refractivity contribution in [3.05, 3.63) is 60.7 Å². The average molecular weight is 493 g/mol. The molecule has 0 aliphatic carbocycles. The highest BCUT2D eigenvalue weighted by atomic mass is 31.2. The molecule has 2 aromatic carbocycles. The van der Waals surface area contributed by atoms with Crippen molar-refractivity contribution in [3.8, 4) is 11.5 Å². The standard InChI is InChI=1S/C24H32NO8P/c1-27-17-20-22(28-2)23(29-3)24(30-4)21(31-20)15-16-25(24)34(26,32-18-11-7-5-8-12-18)33-19-13-9-6-10-14-19/h5-14,20-23H,15-17H2,1-4H3/t20-,21-,22-,23+,24-/m1/s1. The van der Waals surface area contributed by atoms with Crippen molar-refractivity contribution in [1.82, 2.24) is 4.67 Å². The van der Waals surface area contributed by atoms with E-state index in [0.29, 0.717) is 31.1 Å². The van der Waals surface area contributed by atoms with E-state index in [2.05, 4.69) is 0 Å². The summed E-state index contributed by atoms with van der Waals surface area (Å²) in [4.78, 5) is 0. The van der Waals surface area contributed by atoms with Crippen LogP contribution < -0.4 is 9.05 Å². The molecule has 2 aliphatic rings. The van der Waals surface area contributed by atoms with Gasteiger partial charge in [-0.15, -0.1) is 0 Å². The lowest BCUT2D eigenvalue weighted by Crippen LogP contribution is -2.71. The van der Waals surface area contributed by atoms with Crippen LogP contribution in [0.3, 0.4) is 0 Å². The van der Waals surface area contributed by atoms with Gasteiger partial charge in [0.05, 0.1) is 6.61 Å². The van der Waals surface area contributed by atoms with Crippen molar-refractivity contribution in [2.45, 2.75) is 36.6 Å². The molecule has 2 aliphatic heterocycles. The van der Waals surface area contributed by atoms with E-state index >= 15 is 0 Å². The first-order chi connectivity index (χ1) is 16.5. The molecule has 0 amide bonds. The van der Waals surface area contributed by atoms with Gasteiger partial charge in [-0.05, 0) is 30.7 Å². The van der Waals surface area contributed by atoms with Gasteiger partial charge < -0.3 is 32.7 Å². The van der Waals surface area contributed by atoms with Gasteiger partial charge in [0.2, 0.25) is 0 Å². The largest absolute Gasteiger partial charge is 0.518 e. The minimum absolute atomic E-state index is 0.313. The van der Waals surface area contributed by atoms with Crippen molar-refractivity contribution in [2.24, 2.45) is 0 Å². The molecule has 34 heavy (non-hydrogen) atoms. The number of methoxy groups -OCH3 is 4. The summed E-state index contributed by atoms with van der Waals surface area (Å²) in [5.41, 5.74) is -1.29. The number of hydrogen-bond donors (Lipinski definition) is 0. The second kappa shape index (κ2) is 10.7. The molecule has 2 heterocycles. The van der Waals surface area contributed by atoms with Crippen LogP contribution in [0.25, 0.3) is 0 Å². The molecule has 10 heteroatoms. The molecular weight excluding hydrogens is 461 g/mol. The molecule has 0 bridgehead atoms. The summed E-state index contributed by atoms with van der Waals surface area (Å²) >= 11 is 0. The van der Waals surface area contributed by atoms with E-state index in [1.165, 1.54) is 0 Å². The number of para-hydroxylation sites is 2. The van der Waals surface area contributed by atoms with Crippen LogP contribution in [0.4, 0.5) is 0 Å². The van der Waals surface area contributed by atoms with Crippen LogP contribution in [-0.4, -0.2) is 76.4 Å². The van der Waals surface area contributed by atoms with E-state index in [9.17, 15) is 4.57 Å². The maximum atomic E-state index is 14.7. The van der Waals surface area contributed by atoms with E-state index in [-0.39, 0.29) is 0 Å². The van der Waals surface area contributed by atoms with Crippen molar-refractivity contribution >= 4 is 7.75 Å². The summed E-state index contributed by atoms with van der Waals surface area (Å²) < 4.78 is 58.1. The van der Waals surface area contributed by atoms with Crippen molar-refractivity contribution in [2.75, 3.05) is 41.6 Å². The van der Waals surface area contributed by atoms with Gasteiger partial charge >= 0.3 is 7.75 Å². The van der Waals surface area contributed by atoms with Gasteiger partial charge in [-0.1, -0.05) is 36.4 Å². The Morgan fingerprint density at radius 1 is 0.941 bits per heavy atom. The Morgan fingerprint density at radius 2 is 1.53 bits per heavy atom. The normalized spacial score (nSPS) is 29.5. The van der Waals surface area contributed by atoms with Crippen molar-refractivity contribution in [1.29, 1.82) is 0 Å². The summed E-state index contributed by atoms with van der Waals surface area (Å²) in [5, 5.41) is 0. The molecule has 2 saturated heterocycles. The minimum Gasteiger partial charge on any atom is -0.404 e. The fourth-order valence-electron chi connectivity index (χ4n) is 4.89. The second-order valence-electron chi connectivity index (χ2n) is 8.12. The molecule has 4 rings (SSSR count). The first-order valence-electron chi connectivity index (χ1n) is 11.1. The molecule has 186 valence electrons. The zero-order valence-electron chi connectivity index (χ0n) is 19.9. The lowest BCUT2D eigenvalue weighted by atomic mass is 9.89. The maximum Gasteiger partial charge on any atom is 0.518 e. The zero-order valence-corrected chi connectivity index (χ0v) is 20.8. The van der Waals surface area contributed by atoms with Crippen molar-refractivity contribution < 1.29 is 37.3 Å². The third kappa shape index (κ3) is 4.50. The van der Waals surface area contributed by atoms with Gasteiger partial charge in [0.25, 0.3) is 0 Å². The summed E-state index contributed by atoms with van der Waals surface area (Å²) in [6.45, 7) is 0.638. The molecule has 0 aromatic heterocycles. The Labute approximate surface area is 200 Å². The zero-order chi connectivity index (χ0) is 24.2. The Balaban J connectivity index is 1.78. The Bertz CT molecular complexity index is 918. The first-order valence-corrected chi connectivity index (χ1v) is 12.6. The fourth-order valence-corrected chi connectivity index (χ4v) is 6.97. The van der Waals surface area contributed by atoms with E-state index in [1.807, 2.05) is 12.1 Å². The van der Waals surface area contributed by atoms with Gasteiger partial charge in [-0.25, -0.2) is 4.57 Å². The Hall–Kier alpha value is -1.97. The predicted octanol–water partition coefficient (Wildman–Crippen LogP) is 3.74. The molecule has 2 aromatic rings. The quantitative estimate of drug-likeness (QED) is 0.460. The highest BCUT2D eigenvalue weighted by Gasteiger charge is 2.69. The molecule has 5 atom stereocenters. The topological polar surface area (TPSA) is 84.9 Å². The van der Waals surface area contributed by atoms with Gasteiger partial charge in [-0.3, -0.25) is 0 Å². The highest BCUT2D eigenvalue weighted by molar-refractivity contribution is 7.52. The van der Waals surface area contributed by atoms with Crippen LogP contribution >= 0.6 is 7.75 Å². The highest BCUT2D eigenvalue weighted by Crippen LogP contribution is 2.61. The van der Waals surface area contributed by atoms with E-state index < -0.39 is 37.9 Å². The summed E-state index contributed by atoms with van der Waals surface area (Å²) in [6.07, 6.45) is -1.58. The van der Waals surface area contributed by atoms with E-state index in [4.69, 9.17) is 32.7 Å². The Morgan fingerprint density at radius 3 is 2.00 bits per heavy atom. The van der Waals surface area contributed by atoms with Crippen LogP contribution in [0.2, 0.25) is 0 Å². The number of benzene rings is 2. The van der Waals surface area contributed by atoms with Gasteiger partial charge in [0.15, 0.2) is 5.72 Å². The monoisotopic (exact) mass is 493 g/mol. The number of ether oxygens (including phenoxy) is 5. The lowest BCUT2D eigenvalue weighted by Gasteiger charge is -2.52. The van der Waals surface area contributed by atoms with Crippen LogP contribution in [-0.2, 0) is 28.2 Å². The molecule has 0 N–H and O–H groups in total. The summed E-state index contributed by atoms with van der Waals surface area (Å²) in [5.74, 6) is 0.811. The van der Waals surface area contributed by atoms with E-state index in [1.54, 1.807) is 81.6 Å². The minimum atomic E-state index is -4.04. The molecule has 0 spiro atoms. The maximum absolute atomic E-state index is 14.7. The molecule has 0 saturated carbocycles. The summed E-state index contributed by atoms with van der Waals surface area (Å²) in [6, 6.07) is 17.8. The van der Waals surface area contributed by atoms with Gasteiger partial charge in [0.1, 0.15) is 35.9 Å². The third-order valence-electron chi connectivity index (χ3n) is 6.29. The molecule has 0 radical (unpaired) electrons. The smallest absolute Gasteiger partial charge is 0.404 e. The number of fused-ring (bicyclic) bond motifs is 1. The van der Waals surface area contributed by atoms with Crippen LogP contribution in [0.1, 0.15) is 6.42 Å². The second-order valence-corrected chi connectivity index (χ2v) is 9.91. The van der Waals surface area contributed by atoms with Crippen LogP contribution in [0, 0.1) is 0 Å². The van der Waals surface area contributed by atoms with Crippen LogP contribution in [0.5, 0.6) is 11.5 Å². The van der Waals surface area contributed by atoms with E-state index in [0.717, 1.165) is 0 Å². The molecule has 0 unspecified atom stereocenters. The number of hydrogen-bond acceptors (Lipinski definition) is 8. The number of nitrogens with zero attached hydrogens (tertiary/aromatic N) is 1. The third-order valence-corrected chi connectivity index (χ3v) is 8.27. The molecular formula is C24H32NO8P. The number of rotatable bonds is 10. The fraction of sp³-hybridized carbons (Fsp3) is 0.500. The van der Waals surface area contributed by atoms with Gasteiger partial charge in [0, 0.05) is 35.0 Å². The molecule has 2 fully saturated rings. The SMILES string of the molecule is COC[C@H]1O[C@@H]2CCN(P(=O)(Oc3ccccc3)Oc3ccccc3)[C@]2(OC)[C@@H](OC)[C@@H]1OC. The Kier molecular flexibility index (Phi) is 7.94. The lowest BCUT2D eigenvalue weighted by molar-refractivity contribution is -0.308. The average Bonchev–Trinajstić information content (AvgIpc) is 3.24. The molecule has 9 nitrogen and oxygen atoms in total. The summed E-state index contributed by atoms with van der Waals surface area (Å²) in [7, 11) is 2.25. The van der Waals surface area contributed by atoms with Crippen LogP contribution in [0.15, 0.2) is 60.7 Å². The first kappa shape index (κ1) is 25.1.